The van der Waals surface area contributed by atoms with E-state index in [1.165, 1.54) is 12.3 Å². The lowest BCUT2D eigenvalue weighted by molar-refractivity contribution is -0.121. The van der Waals surface area contributed by atoms with Gasteiger partial charge >= 0.3 is 0 Å². The molecule has 0 bridgehead atoms. The average molecular weight is 223 g/mol. The van der Waals surface area contributed by atoms with E-state index in [0.29, 0.717) is 12.5 Å². The van der Waals surface area contributed by atoms with E-state index in [4.69, 9.17) is 5.73 Å². The van der Waals surface area contributed by atoms with E-state index >= 15 is 0 Å². The van der Waals surface area contributed by atoms with Gasteiger partial charge < -0.3 is 15.6 Å². The van der Waals surface area contributed by atoms with Crippen LogP contribution in [0.4, 0.5) is 5.69 Å². The number of carbonyl (C=O) groups excluding carboxylic acids is 1. The zero-order valence-electron chi connectivity index (χ0n) is 9.56. The van der Waals surface area contributed by atoms with Crippen LogP contribution in [0.5, 0.6) is 0 Å². The zero-order chi connectivity index (χ0) is 12.1. The molecule has 1 amide bonds. The molecule has 0 saturated carbocycles. The van der Waals surface area contributed by atoms with E-state index in [2.05, 4.69) is 5.32 Å². The van der Waals surface area contributed by atoms with Crippen LogP contribution in [-0.4, -0.2) is 17.0 Å². The van der Waals surface area contributed by atoms with Crippen molar-refractivity contribution in [3.8, 4) is 0 Å². The van der Waals surface area contributed by atoms with E-state index < -0.39 is 0 Å². The number of hydrogen-bond donors (Lipinski definition) is 2. The first kappa shape index (κ1) is 12.3. The van der Waals surface area contributed by atoms with Gasteiger partial charge in [-0.15, -0.1) is 0 Å². The Labute approximate surface area is 94.3 Å². The standard InChI is InChI=1S/C11H17N3O2/c1-8(2)5-13-11(16)7-14-4-3-10(15)9(12)6-14/h3-4,6,8H,5,7,12H2,1-2H3,(H,13,16). The quantitative estimate of drug-likeness (QED) is 0.765. The number of amides is 1. The van der Waals surface area contributed by atoms with Gasteiger partial charge in [-0.25, -0.2) is 0 Å². The molecule has 16 heavy (non-hydrogen) atoms. The molecule has 0 unspecified atom stereocenters. The summed E-state index contributed by atoms with van der Waals surface area (Å²) in [5, 5.41) is 2.79. The maximum absolute atomic E-state index is 11.5. The first-order valence-corrected chi connectivity index (χ1v) is 5.21. The lowest BCUT2D eigenvalue weighted by Gasteiger charge is -2.09. The number of rotatable bonds is 4. The minimum Gasteiger partial charge on any atom is -0.394 e. The summed E-state index contributed by atoms with van der Waals surface area (Å²) in [7, 11) is 0. The molecule has 0 aliphatic rings. The molecular formula is C11H17N3O2. The van der Waals surface area contributed by atoms with Crippen LogP contribution in [0.2, 0.25) is 0 Å². The monoisotopic (exact) mass is 223 g/mol. The molecule has 0 aliphatic carbocycles. The molecule has 0 aliphatic heterocycles. The molecule has 0 radical (unpaired) electrons. The SMILES string of the molecule is CC(C)CNC(=O)Cn1ccc(=O)c(N)c1. The van der Waals surface area contributed by atoms with Crippen molar-refractivity contribution in [3.63, 3.8) is 0 Å². The number of nitrogen functional groups attached to an aromatic ring is 1. The van der Waals surface area contributed by atoms with Crippen molar-refractivity contribution in [1.29, 1.82) is 0 Å². The van der Waals surface area contributed by atoms with Crippen molar-refractivity contribution in [2.45, 2.75) is 20.4 Å². The fourth-order valence-electron chi connectivity index (χ4n) is 1.18. The van der Waals surface area contributed by atoms with Crippen LogP contribution < -0.4 is 16.5 Å². The van der Waals surface area contributed by atoms with Gasteiger partial charge in [0.05, 0.1) is 5.69 Å². The predicted octanol–water partition coefficient (Wildman–Crippen LogP) is 0.203. The van der Waals surface area contributed by atoms with Crippen LogP contribution in [0.15, 0.2) is 23.3 Å². The summed E-state index contributed by atoms with van der Waals surface area (Å²) in [6.45, 7) is 4.88. The van der Waals surface area contributed by atoms with E-state index in [-0.39, 0.29) is 23.6 Å². The largest absolute Gasteiger partial charge is 0.394 e. The topological polar surface area (TPSA) is 77.1 Å². The minimum atomic E-state index is -0.223. The van der Waals surface area contributed by atoms with Crippen LogP contribution in [0.3, 0.4) is 0 Å². The predicted molar refractivity (Wildman–Crippen MR) is 63.0 cm³/mol. The second-order valence-corrected chi connectivity index (χ2v) is 4.13. The zero-order valence-corrected chi connectivity index (χ0v) is 9.56. The van der Waals surface area contributed by atoms with Crippen LogP contribution in [0, 0.1) is 5.92 Å². The fraction of sp³-hybridized carbons (Fsp3) is 0.455. The Hall–Kier alpha value is -1.78. The van der Waals surface area contributed by atoms with Crippen molar-refractivity contribution < 1.29 is 4.79 Å². The maximum atomic E-state index is 11.5. The number of nitrogens with two attached hydrogens (primary N) is 1. The van der Waals surface area contributed by atoms with Crippen LogP contribution in [0.1, 0.15) is 13.8 Å². The number of nitrogens with zero attached hydrogens (tertiary/aromatic N) is 1. The van der Waals surface area contributed by atoms with Gasteiger partial charge in [-0.2, -0.15) is 0 Å². The number of hydrogen-bond acceptors (Lipinski definition) is 3. The van der Waals surface area contributed by atoms with E-state index in [9.17, 15) is 9.59 Å². The van der Waals surface area contributed by atoms with Gasteiger partial charge in [-0.3, -0.25) is 9.59 Å². The molecule has 5 heteroatoms. The van der Waals surface area contributed by atoms with Crippen molar-refractivity contribution >= 4 is 11.6 Å². The Balaban J connectivity index is 2.56. The normalized spacial score (nSPS) is 10.4. The van der Waals surface area contributed by atoms with Gasteiger partial charge in [0.15, 0.2) is 0 Å². The Morgan fingerprint density at radius 2 is 2.25 bits per heavy atom. The third kappa shape index (κ3) is 3.76. The molecule has 0 aromatic carbocycles. The van der Waals surface area contributed by atoms with E-state index in [1.54, 1.807) is 10.8 Å². The molecule has 1 aromatic rings. The number of anilines is 1. The molecule has 0 spiro atoms. The second-order valence-electron chi connectivity index (χ2n) is 4.13. The molecule has 0 fully saturated rings. The summed E-state index contributed by atoms with van der Waals surface area (Å²) < 4.78 is 1.59. The summed E-state index contributed by atoms with van der Waals surface area (Å²) in [6.07, 6.45) is 3.02. The van der Waals surface area contributed by atoms with E-state index in [1.807, 2.05) is 13.8 Å². The van der Waals surface area contributed by atoms with Crippen molar-refractivity contribution in [2.75, 3.05) is 12.3 Å². The Kier molecular flexibility index (Phi) is 4.10. The number of pyridine rings is 1. The first-order valence-electron chi connectivity index (χ1n) is 5.21. The highest BCUT2D eigenvalue weighted by molar-refractivity contribution is 5.75. The number of nitrogens with one attached hydrogen (secondary N) is 1. The van der Waals surface area contributed by atoms with Crippen molar-refractivity contribution in [1.82, 2.24) is 9.88 Å². The van der Waals surface area contributed by atoms with Crippen molar-refractivity contribution in [2.24, 2.45) is 5.92 Å². The van der Waals surface area contributed by atoms with Gasteiger partial charge in [0, 0.05) is 25.0 Å². The van der Waals surface area contributed by atoms with E-state index in [0.717, 1.165) is 0 Å². The van der Waals surface area contributed by atoms with Crippen LogP contribution >= 0.6 is 0 Å². The second kappa shape index (κ2) is 5.34. The summed E-state index contributed by atoms with van der Waals surface area (Å²) in [5.74, 6) is 0.333. The highest BCUT2D eigenvalue weighted by Crippen LogP contribution is 1.94. The van der Waals surface area contributed by atoms with Gasteiger partial charge in [-0.05, 0) is 5.92 Å². The fourth-order valence-corrected chi connectivity index (χ4v) is 1.18. The molecule has 0 atom stereocenters. The molecule has 5 nitrogen and oxygen atoms in total. The lowest BCUT2D eigenvalue weighted by Crippen LogP contribution is -2.30. The lowest BCUT2D eigenvalue weighted by atomic mass is 10.2. The highest BCUT2D eigenvalue weighted by Gasteiger charge is 2.03. The van der Waals surface area contributed by atoms with Gasteiger partial charge in [0.2, 0.25) is 11.3 Å². The summed E-state index contributed by atoms with van der Waals surface area (Å²) in [4.78, 5) is 22.5. The van der Waals surface area contributed by atoms with Gasteiger partial charge in [0.1, 0.15) is 6.54 Å². The molecule has 1 heterocycles. The Morgan fingerprint density at radius 3 is 2.81 bits per heavy atom. The Morgan fingerprint density at radius 1 is 1.56 bits per heavy atom. The van der Waals surface area contributed by atoms with Gasteiger partial charge in [-0.1, -0.05) is 13.8 Å². The smallest absolute Gasteiger partial charge is 0.239 e. The summed E-state index contributed by atoms with van der Waals surface area (Å²) in [5.41, 5.74) is 5.38. The number of carbonyl (C=O) groups is 1. The van der Waals surface area contributed by atoms with Gasteiger partial charge in [0.25, 0.3) is 0 Å². The average Bonchev–Trinajstić information content (AvgIpc) is 2.21. The summed E-state index contributed by atoms with van der Waals surface area (Å²) >= 11 is 0. The molecule has 88 valence electrons. The molecule has 0 saturated heterocycles. The minimum absolute atomic E-state index is 0.0863. The first-order chi connectivity index (χ1) is 7.49. The molecule has 1 aromatic heterocycles. The molecular weight excluding hydrogens is 206 g/mol. The Bertz CT molecular complexity index is 423. The summed E-state index contributed by atoms with van der Waals surface area (Å²) in [6, 6.07) is 1.35. The maximum Gasteiger partial charge on any atom is 0.239 e. The molecule has 3 N–H and O–H groups in total. The third-order valence-electron chi connectivity index (χ3n) is 2.04. The third-order valence-corrected chi connectivity index (χ3v) is 2.04. The molecule has 1 rings (SSSR count). The van der Waals surface area contributed by atoms with Crippen molar-refractivity contribution in [3.05, 3.63) is 28.7 Å². The van der Waals surface area contributed by atoms with Crippen LogP contribution in [0.25, 0.3) is 0 Å². The van der Waals surface area contributed by atoms with Crippen LogP contribution in [-0.2, 0) is 11.3 Å². The highest BCUT2D eigenvalue weighted by atomic mass is 16.2. The number of aromatic nitrogens is 1.